The summed E-state index contributed by atoms with van der Waals surface area (Å²) in [4.78, 5) is 2.33. The first-order valence-corrected chi connectivity index (χ1v) is 6.86. The van der Waals surface area contributed by atoms with Gasteiger partial charge in [0, 0.05) is 11.1 Å². The molecule has 0 fully saturated rings. The van der Waals surface area contributed by atoms with E-state index in [0.717, 1.165) is 31.6 Å². The summed E-state index contributed by atoms with van der Waals surface area (Å²) in [6, 6.07) is 4.45. The van der Waals surface area contributed by atoms with Gasteiger partial charge < -0.3 is 10.6 Å². The van der Waals surface area contributed by atoms with Gasteiger partial charge in [-0.1, -0.05) is 25.4 Å². The maximum absolute atomic E-state index is 13.1. The Morgan fingerprint density at radius 3 is 2.61 bits per heavy atom. The molecule has 0 radical (unpaired) electrons. The molecule has 2 N–H and O–H groups in total. The maximum atomic E-state index is 13.1. The molecule has 0 aliphatic rings. The first-order chi connectivity index (χ1) is 8.56. The summed E-state index contributed by atoms with van der Waals surface area (Å²) >= 11 is 6.02. The van der Waals surface area contributed by atoms with Crippen LogP contribution in [0.4, 0.5) is 4.39 Å². The summed E-state index contributed by atoms with van der Waals surface area (Å²) in [5, 5.41) is 0.592. The lowest BCUT2D eigenvalue weighted by molar-refractivity contribution is 0.290. The Bertz CT molecular complexity index is 367. The van der Waals surface area contributed by atoms with E-state index in [2.05, 4.69) is 18.7 Å². The number of hydrogen-bond acceptors (Lipinski definition) is 2. The van der Waals surface area contributed by atoms with Crippen LogP contribution in [0.1, 0.15) is 25.8 Å². The molecular formula is C14H22ClFN2. The second-order valence-corrected chi connectivity index (χ2v) is 4.92. The summed E-state index contributed by atoms with van der Waals surface area (Å²) in [5.74, 6) is -0.259. The van der Waals surface area contributed by atoms with E-state index in [4.69, 9.17) is 17.3 Å². The monoisotopic (exact) mass is 272 g/mol. The molecular weight excluding hydrogens is 251 g/mol. The predicted molar refractivity (Wildman–Crippen MR) is 75.5 cm³/mol. The van der Waals surface area contributed by atoms with Gasteiger partial charge in [-0.3, -0.25) is 0 Å². The normalized spacial score (nSPS) is 13.0. The van der Waals surface area contributed by atoms with Crippen molar-refractivity contribution in [2.75, 3.05) is 19.6 Å². The van der Waals surface area contributed by atoms with E-state index in [-0.39, 0.29) is 11.9 Å². The molecule has 0 saturated carbocycles. The molecule has 0 aliphatic heterocycles. The molecule has 0 heterocycles. The van der Waals surface area contributed by atoms with Crippen LogP contribution >= 0.6 is 11.6 Å². The molecule has 0 saturated heterocycles. The average molecular weight is 273 g/mol. The Hall–Kier alpha value is -0.640. The molecule has 1 atom stereocenters. The number of rotatable bonds is 7. The molecule has 0 bridgehead atoms. The number of benzene rings is 1. The van der Waals surface area contributed by atoms with Crippen LogP contribution in [0.25, 0.3) is 0 Å². The minimum Gasteiger partial charge on any atom is -0.327 e. The van der Waals surface area contributed by atoms with E-state index in [0.29, 0.717) is 11.4 Å². The molecule has 2 nitrogen and oxygen atoms in total. The summed E-state index contributed by atoms with van der Waals surface area (Å²) in [6.07, 6.45) is 1.52. The molecule has 18 heavy (non-hydrogen) atoms. The van der Waals surface area contributed by atoms with Crippen molar-refractivity contribution in [2.45, 2.75) is 32.7 Å². The third kappa shape index (κ3) is 4.92. The fourth-order valence-corrected chi connectivity index (χ4v) is 2.17. The molecule has 0 amide bonds. The van der Waals surface area contributed by atoms with Crippen LogP contribution in [-0.2, 0) is 6.42 Å². The topological polar surface area (TPSA) is 29.3 Å². The molecule has 0 spiro atoms. The standard InChI is InChI=1S/C14H22ClFN2/c1-3-18(4-2)8-7-13(17)10-11-9-12(16)5-6-14(11)15/h5-6,9,13H,3-4,7-8,10,17H2,1-2H3. The van der Waals surface area contributed by atoms with Crippen LogP contribution in [0.15, 0.2) is 18.2 Å². The van der Waals surface area contributed by atoms with Crippen molar-refractivity contribution in [2.24, 2.45) is 5.73 Å². The van der Waals surface area contributed by atoms with Gasteiger partial charge in [0.15, 0.2) is 0 Å². The molecule has 1 unspecified atom stereocenters. The second-order valence-electron chi connectivity index (χ2n) is 4.52. The van der Waals surface area contributed by atoms with Crippen molar-refractivity contribution in [1.82, 2.24) is 4.90 Å². The van der Waals surface area contributed by atoms with Gasteiger partial charge in [0.2, 0.25) is 0 Å². The Morgan fingerprint density at radius 2 is 2.00 bits per heavy atom. The molecule has 1 aromatic rings. The Labute approximate surface area is 114 Å². The number of halogens is 2. The van der Waals surface area contributed by atoms with Crippen molar-refractivity contribution >= 4 is 11.6 Å². The fourth-order valence-electron chi connectivity index (χ4n) is 1.97. The number of nitrogens with zero attached hydrogens (tertiary/aromatic N) is 1. The summed E-state index contributed by atoms with van der Waals surface area (Å²) in [5.41, 5.74) is 6.87. The lowest BCUT2D eigenvalue weighted by Gasteiger charge is -2.20. The Balaban J connectivity index is 2.48. The van der Waals surface area contributed by atoms with Gasteiger partial charge >= 0.3 is 0 Å². The van der Waals surface area contributed by atoms with Gasteiger partial charge in [-0.2, -0.15) is 0 Å². The molecule has 0 aliphatic carbocycles. The van der Waals surface area contributed by atoms with Gasteiger partial charge in [0.1, 0.15) is 5.82 Å². The summed E-state index contributed by atoms with van der Waals surface area (Å²) in [6.45, 7) is 7.31. The average Bonchev–Trinajstić information content (AvgIpc) is 2.35. The Morgan fingerprint density at radius 1 is 1.33 bits per heavy atom. The fraction of sp³-hybridized carbons (Fsp3) is 0.571. The molecule has 4 heteroatoms. The van der Waals surface area contributed by atoms with E-state index in [1.165, 1.54) is 12.1 Å². The lowest BCUT2D eigenvalue weighted by atomic mass is 10.0. The highest BCUT2D eigenvalue weighted by Crippen LogP contribution is 2.19. The third-order valence-corrected chi connectivity index (χ3v) is 3.57. The first-order valence-electron chi connectivity index (χ1n) is 6.48. The SMILES string of the molecule is CCN(CC)CCC(N)Cc1cc(F)ccc1Cl. The minimum absolute atomic E-state index is 0.0184. The predicted octanol–water partition coefficient (Wildman–Crippen LogP) is 3.08. The van der Waals surface area contributed by atoms with Crippen LogP contribution in [0, 0.1) is 5.82 Å². The van der Waals surface area contributed by atoms with Crippen molar-refractivity contribution in [3.05, 3.63) is 34.6 Å². The van der Waals surface area contributed by atoms with E-state index < -0.39 is 0 Å². The zero-order valence-electron chi connectivity index (χ0n) is 11.1. The second kappa shape index (κ2) is 7.72. The van der Waals surface area contributed by atoms with Gasteiger partial charge in [-0.05, 0) is 56.2 Å². The third-order valence-electron chi connectivity index (χ3n) is 3.20. The van der Waals surface area contributed by atoms with Crippen LogP contribution in [0.3, 0.4) is 0 Å². The smallest absolute Gasteiger partial charge is 0.123 e. The van der Waals surface area contributed by atoms with Gasteiger partial charge in [0.05, 0.1) is 0 Å². The van der Waals surface area contributed by atoms with Crippen molar-refractivity contribution in [1.29, 1.82) is 0 Å². The summed E-state index contributed by atoms with van der Waals surface area (Å²) < 4.78 is 13.1. The van der Waals surface area contributed by atoms with Gasteiger partial charge in [-0.15, -0.1) is 0 Å². The van der Waals surface area contributed by atoms with E-state index in [1.54, 1.807) is 6.07 Å². The van der Waals surface area contributed by atoms with Crippen LogP contribution in [-0.4, -0.2) is 30.6 Å². The highest BCUT2D eigenvalue weighted by atomic mass is 35.5. The highest BCUT2D eigenvalue weighted by molar-refractivity contribution is 6.31. The Kier molecular flexibility index (Phi) is 6.61. The zero-order valence-corrected chi connectivity index (χ0v) is 11.9. The lowest BCUT2D eigenvalue weighted by Crippen LogP contribution is -2.31. The van der Waals surface area contributed by atoms with Gasteiger partial charge in [-0.25, -0.2) is 4.39 Å². The van der Waals surface area contributed by atoms with Gasteiger partial charge in [0.25, 0.3) is 0 Å². The van der Waals surface area contributed by atoms with Crippen molar-refractivity contribution < 1.29 is 4.39 Å². The van der Waals surface area contributed by atoms with E-state index in [9.17, 15) is 4.39 Å². The number of nitrogens with two attached hydrogens (primary N) is 1. The maximum Gasteiger partial charge on any atom is 0.123 e. The van der Waals surface area contributed by atoms with Crippen molar-refractivity contribution in [3.63, 3.8) is 0 Å². The highest BCUT2D eigenvalue weighted by Gasteiger charge is 2.10. The van der Waals surface area contributed by atoms with Crippen LogP contribution in [0.5, 0.6) is 0 Å². The first kappa shape index (κ1) is 15.4. The molecule has 1 aromatic carbocycles. The molecule has 102 valence electrons. The summed E-state index contributed by atoms with van der Waals surface area (Å²) in [7, 11) is 0. The van der Waals surface area contributed by atoms with Crippen LogP contribution < -0.4 is 5.73 Å². The zero-order chi connectivity index (χ0) is 13.5. The quantitative estimate of drug-likeness (QED) is 0.827. The van der Waals surface area contributed by atoms with Crippen LogP contribution in [0.2, 0.25) is 5.02 Å². The molecule has 1 rings (SSSR count). The van der Waals surface area contributed by atoms with E-state index >= 15 is 0 Å². The minimum atomic E-state index is -0.259. The number of hydrogen-bond donors (Lipinski definition) is 1. The molecule has 0 aromatic heterocycles. The van der Waals surface area contributed by atoms with Crippen molar-refractivity contribution in [3.8, 4) is 0 Å². The van der Waals surface area contributed by atoms with E-state index in [1.807, 2.05) is 0 Å². The largest absolute Gasteiger partial charge is 0.327 e.